The van der Waals surface area contributed by atoms with E-state index < -0.39 is 25.0 Å². The number of imidazole rings is 1. The molecular formula is C20H31ClN5O8P. The van der Waals surface area contributed by atoms with E-state index in [0.717, 1.165) is 0 Å². The molecule has 1 aliphatic heterocycles. The Hall–Kier alpha value is -2.02. The molecular weight excluding hydrogens is 505 g/mol. The van der Waals surface area contributed by atoms with Crippen LogP contribution in [-0.2, 0) is 37.4 Å². The summed E-state index contributed by atoms with van der Waals surface area (Å²) in [5.74, 6) is -0.198. The molecule has 2 N–H and O–H groups in total. The van der Waals surface area contributed by atoms with Gasteiger partial charge in [-0.15, -0.1) is 0 Å². The highest BCUT2D eigenvalue weighted by molar-refractivity contribution is 7.48. The Bertz CT molecular complexity index is 1080. The van der Waals surface area contributed by atoms with Crippen LogP contribution in [0.5, 0.6) is 5.88 Å². The molecule has 3 heterocycles. The summed E-state index contributed by atoms with van der Waals surface area (Å²) in [6.07, 6.45) is -0.131. The number of halogens is 1. The molecule has 4 atom stereocenters. The molecule has 1 unspecified atom stereocenters. The number of hydrogen-bond acceptors (Lipinski definition) is 12. The van der Waals surface area contributed by atoms with Gasteiger partial charge in [0.1, 0.15) is 17.2 Å². The van der Waals surface area contributed by atoms with Gasteiger partial charge in [-0.1, -0.05) is 11.6 Å². The number of nitrogens with zero attached hydrogens (tertiary/aromatic N) is 4. The van der Waals surface area contributed by atoms with Crippen molar-refractivity contribution in [2.75, 3.05) is 32.7 Å². The molecule has 0 saturated carbocycles. The number of alkyl halides is 1. The largest absolute Gasteiger partial charge is 0.476 e. The number of esters is 1. The molecule has 0 aliphatic carbocycles. The smallest absolute Gasteiger partial charge is 0.475 e. The summed E-state index contributed by atoms with van der Waals surface area (Å²) in [7, 11) is -2.58. The number of rotatable bonds is 11. The standard InChI is InChI=1S/C20H31ClN5O8P/c1-6-30-18-15-17(24-19(22)25-18)26(11-23-15)20(4,21)16-13(29-5)10-32-35(28,34-16)31-9-7-8-14(27)33-12(2)3/h11-13,16H,6-10H2,1-5H3,(H2,22,24,25)/t13-,16-,20+,35?/m1/s1. The summed E-state index contributed by atoms with van der Waals surface area (Å²) >= 11 is 6.98. The molecule has 1 fully saturated rings. The van der Waals surface area contributed by atoms with Crippen molar-refractivity contribution in [2.45, 2.75) is 63.8 Å². The van der Waals surface area contributed by atoms with Gasteiger partial charge in [0, 0.05) is 13.5 Å². The van der Waals surface area contributed by atoms with Crippen LogP contribution >= 0.6 is 19.4 Å². The molecule has 196 valence electrons. The van der Waals surface area contributed by atoms with Crippen LogP contribution in [0.2, 0.25) is 0 Å². The number of hydrogen-bond donors (Lipinski definition) is 1. The zero-order valence-corrected chi connectivity index (χ0v) is 22.0. The minimum atomic E-state index is -4.03. The van der Waals surface area contributed by atoms with Crippen molar-refractivity contribution >= 4 is 42.5 Å². The zero-order valence-electron chi connectivity index (χ0n) is 20.3. The van der Waals surface area contributed by atoms with Crippen LogP contribution in [0, 0.1) is 0 Å². The molecule has 15 heteroatoms. The number of ether oxygens (including phenoxy) is 3. The number of anilines is 1. The monoisotopic (exact) mass is 535 g/mol. The van der Waals surface area contributed by atoms with E-state index in [1.165, 1.54) is 18.0 Å². The lowest BCUT2D eigenvalue weighted by atomic mass is 10.1. The lowest BCUT2D eigenvalue weighted by Crippen LogP contribution is -2.51. The molecule has 0 aromatic carbocycles. The number of phosphoric acid groups is 1. The van der Waals surface area contributed by atoms with E-state index in [2.05, 4.69) is 15.0 Å². The number of phosphoric ester groups is 1. The van der Waals surface area contributed by atoms with Gasteiger partial charge in [0.25, 0.3) is 0 Å². The van der Waals surface area contributed by atoms with E-state index in [9.17, 15) is 9.36 Å². The number of nitrogen functional groups attached to an aromatic ring is 1. The maximum atomic E-state index is 13.2. The maximum Gasteiger partial charge on any atom is 0.475 e. The maximum absolute atomic E-state index is 13.2. The molecule has 0 bridgehead atoms. The molecule has 0 radical (unpaired) electrons. The molecule has 13 nitrogen and oxygen atoms in total. The average Bonchev–Trinajstić information content (AvgIpc) is 3.21. The number of carbonyl (C=O) groups is 1. The third-order valence-electron chi connectivity index (χ3n) is 5.07. The van der Waals surface area contributed by atoms with Crippen molar-refractivity contribution in [2.24, 2.45) is 0 Å². The third kappa shape index (κ3) is 6.41. The van der Waals surface area contributed by atoms with Crippen LogP contribution in [0.3, 0.4) is 0 Å². The van der Waals surface area contributed by atoms with Crippen LogP contribution in [0.1, 0.15) is 40.5 Å². The van der Waals surface area contributed by atoms with Crippen LogP contribution in [0.15, 0.2) is 6.33 Å². The quantitative estimate of drug-likeness (QED) is 0.194. The number of fused-ring (bicyclic) bond motifs is 1. The Labute approximate surface area is 208 Å². The Balaban J connectivity index is 1.80. The van der Waals surface area contributed by atoms with Crippen LogP contribution < -0.4 is 10.5 Å². The van der Waals surface area contributed by atoms with E-state index in [1.807, 2.05) is 0 Å². The van der Waals surface area contributed by atoms with E-state index >= 15 is 0 Å². The van der Waals surface area contributed by atoms with Crippen molar-refractivity contribution < 1.29 is 37.1 Å². The molecule has 2 aromatic rings. The van der Waals surface area contributed by atoms with Gasteiger partial charge in [0.15, 0.2) is 11.2 Å². The Morgan fingerprint density at radius 2 is 2.17 bits per heavy atom. The second-order valence-corrected chi connectivity index (χ2v) is 10.5. The molecule has 0 spiro atoms. The second-order valence-electron chi connectivity index (χ2n) is 8.15. The van der Waals surface area contributed by atoms with Crippen molar-refractivity contribution in [3.63, 3.8) is 0 Å². The van der Waals surface area contributed by atoms with Gasteiger partial charge in [0.2, 0.25) is 11.8 Å². The molecule has 1 aliphatic rings. The first-order chi connectivity index (χ1) is 16.5. The summed E-state index contributed by atoms with van der Waals surface area (Å²) in [5, 5.41) is 0. The number of nitrogens with two attached hydrogens (primary N) is 1. The number of aromatic nitrogens is 4. The van der Waals surface area contributed by atoms with Crippen LogP contribution in [-0.4, -0.2) is 70.7 Å². The molecule has 2 aromatic heterocycles. The van der Waals surface area contributed by atoms with E-state index in [-0.39, 0.29) is 50.0 Å². The summed E-state index contributed by atoms with van der Waals surface area (Å²) in [5.41, 5.74) is 6.50. The molecule has 0 amide bonds. The topological polar surface area (TPSA) is 159 Å². The average molecular weight is 536 g/mol. The van der Waals surface area contributed by atoms with Gasteiger partial charge in [-0.25, -0.2) is 9.55 Å². The predicted octanol–water partition coefficient (Wildman–Crippen LogP) is 3.01. The number of carbonyl (C=O) groups excluding carboxylic acids is 1. The fraction of sp³-hybridized carbons (Fsp3) is 0.700. The van der Waals surface area contributed by atoms with Crippen molar-refractivity contribution in [3.8, 4) is 5.88 Å². The summed E-state index contributed by atoms with van der Waals surface area (Å²) in [6.45, 7) is 7.13. The van der Waals surface area contributed by atoms with Gasteiger partial charge >= 0.3 is 13.8 Å². The lowest BCUT2D eigenvalue weighted by molar-refractivity contribution is -0.147. The highest BCUT2D eigenvalue weighted by atomic mass is 35.5. The van der Waals surface area contributed by atoms with Crippen LogP contribution in [0.25, 0.3) is 11.2 Å². The van der Waals surface area contributed by atoms with Gasteiger partial charge < -0.3 is 19.9 Å². The summed E-state index contributed by atoms with van der Waals surface area (Å²) in [4.78, 5) is 22.9. The van der Waals surface area contributed by atoms with Crippen LogP contribution in [0.4, 0.5) is 5.95 Å². The summed E-state index contributed by atoms with van der Waals surface area (Å²) < 4.78 is 47.4. The molecule has 1 saturated heterocycles. The normalized spacial score (nSPS) is 24.4. The van der Waals surface area contributed by atoms with Gasteiger partial charge in [-0.2, -0.15) is 9.97 Å². The first kappa shape index (κ1) is 27.6. The highest BCUT2D eigenvalue weighted by Gasteiger charge is 2.51. The van der Waals surface area contributed by atoms with Crippen molar-refractivity contribution in [3.05, 3.63) is 6.33 Å². The zero-order chi connectivity index (χ0) is 25.8. The van der Waals surface area contributed by atoms with Gasteiger partial charge in [-0.3, -0.25) is 22.9 Å². The third-order valence-corrected chi connectivity index (χ3v) is 6.92. The Morgan fingerprint density at radius 1 is 1.43 bits per heavy atom. The fourth-order valence-electron chi connectivity index (χ4n) is 3.48. The SMILES string of the molecule is CCOc1nc(N)nc2c1ncn2[C@](C)(Cl)[C@@H]1OP(=O)(OCCCC(=O)OC(C)C)OC[C@H]1OC. The number of methoxy groups -OCH3 is 1. The first-order valence-corrected chi connectivity index (χ1v) is 13.0. The molecule has 35 heavy (non-hydrogen) atoms. The first-order valence-electron chi connectivity index (χ1n) is 11.1. The van der Waals surface area contributed by atoms with E-state index in [0.29, 0.717) is 17.8 Å². The predicted molar refractivity (Wildman–Crippen MR) is 126 cm³/mol. The Morgan fingerprint density at radius 3 is 2.83 bits per heavy atom. The second kappa shape index (κ2) is 11.4. The molecule has 3 rings (SSSR count). The van der Waals surface area contributed by atoms with Crippen molar-refractivity contribution in [1.82, 2.24) is 19.5 Å². The van der Waals surface area contributed by atoms with Gasteiger partial charge in [-0.05, 0) is 34.1 Å². The fourth-order valence-corrected chi connectivity index (χ4v) is 5.35. The van der Waals surface area contributed by atoms with E-state index in [1.54, 1.807) is 27.7 Å². The lowest BCUT2D eigenvalue weighted by Gasteiger charge is -2.41. The minimum absolute atomic E-state index is 0.0312. The minimum Gasteiger partial charge on any atom is -0.476 e. The van der Waals surface area contributed by atoms with Crippen molar-refractivity contribution in [1.29, 1.82) is 0 Å². The van der Waals surface area contributed by atoms with E-state index in [4.69, 9.17) is 45.1 Å². The summed E-state index contributed by atoms with van der Waals surface area (Å²) in [6, 6.07) is 0. The Kier molecular flexibility index (Phi) is 8.95. The van der Waals surface area contributed by atoms with Gasteiger partial charge in [0.05, 0.1) is 32.3 Å². The highest BCUT2D eigenvalue weighted by Crippen LogP contribution is 2.57.